The normalized spacial score (nSPS) is 11.4. The second-order valence-corrected chi connectivity index (χ2v) is 8.80. The minimum absolute atomic E-state index is 0.0708. The van der Waals surface area contributed by atoms with Crippen molar-refractivity contribution in [2.75, 3.05) is 6.61 Å². The van der Waals surface area contributed by atoms with Crippen molar-refractivity contribution in [2.45, 2.75) is 32.7 Å². The molecule has 4 aromatic rings. The predicted octanol–water partition coefficient (Wildman–Crippen LogP) is 5.36. The van der Waals surface area contributed by atoms with Crippen molar-refractivity contribution >= 4 is 22.7 Å². The van der Waals surface area contributed by atoms with E-state index in [1.54, 1.807) is 18.2 Å². The van der Waals surface area contributed by atoms with E-state index in [2.05, 4.69) is 22.1 Å². The zero-order valence-corrected chi connectivity index (χ0v) is 19.6. The Bertz CT molecular complexity index is 1320. The first-order chi connectivity index (χ1) is 16.2. The Morgan fingerprint density at radius 3 is 2.44 bits per heavy atom. The van der Waals surface area contributed by atoms with Crippen molar-refractivity contribution in [2.24, 2.45) is 0 Å². The molecule has 4 rings (SSSR count). The minimum Gasteiger partial charge on any atom is -0.506 e. The molecule has 3 aromatic carbocycles. The number of ether oxygens (including phenoxy) is 1. The van der Waals surface area contributed by atoms with Crippen LogP contribution in [0.4, 0.5) is 4.79 Å². The number of phenolic OH excluding ortho intramolecular Hbond substituents is 1. The smallest absolute Gasteiger partial charge is 0.407 e. The lowest BCUT2D eigenvalue weighted by atomic mass is 9.92. The van der Waals surface area contributed by atoms with Crippen molar-refractivity contribution in [1.82, 2.24) is 20.3 Å². The van der Waals surface area contributed by atoms with Crippen molar-refractivity contribution in [3.63, 3.8) is 0 Å². The molecule has 0 unspecified atom stereocenters. The standard InChI is InChI=1S/C27H28N4O3/c1-18(2)20-8-7-9-21(17-20)27(3,4)28-26(33)34-15-14-19-12-13-25(32)24(16-19)31-29-22-10-5-6-11-23(22)30-31/h5-13,16-17,32H,1,14-15H2,2-4H3,(H,28,33). The van der Waals surface area contributed by atoms with E-state index in [1.165, 1.54) is 4.80 Å². The second-order valence-electron chi connectivity index (χ2n) is 8.80. The minimum atomic E-state index is -0.609. The molecule has 0 fully saturated rings. The maximum atomic E-state index is 12.5. The van der Waals surface area contributed by atoms with Gasteiger partial charge in [-0.05, 0) is 67.8 Å². The third kappa shape index (κ3) is 5.09. The van der Waals surface area contributed by atoms with Crippen molar-refractivity contribution in [1.29, 1.82) is 0 Å². The summed E-state index contributed by atoms with van der Waals surface area (Å²) >= 11 is 0. The number of nitrogens with zero attached hydrogens (tertiary/aromatic N) is 3. The Morgan fingerprint density at radius 2 is 1.76 bits per heavy atom. The summed E-state index contributed by atoms with van der Waals surface area (Å²) in [7, 11) is 0. The van der Waals surface area contributed by atoms with Gasteiger partial charge in [0.1, 0.15) is 22.5 Å². The van der Waals surface area contributed by atoms with Crippen molar-refractivity contribution in [3.8, 4) is 11.4 Å². The first-order valence-corrected chi connectivity index (χ1v) is 11.1. The van der Waals surface area contributed by atoms with Crippen molar-refractivity contribution < 1.29 is 14.6 Å². The largest absolute Gasteiger partial charge is 0.506 e. The number of alkyl carbamates (subject to hydrolysis) is 1. The summed E-state index contributed by atoms with van der Waals surface area (Å²) in [6, 6.07) is 20.6. The molecule has 0 bridgehead atoms. The monoisotopic (exact) mass is 456 g/mol. The Kier molecular flexibility index (Phi) is 6.36. The van der Waals surface area contributed by atoms with E-state index in [4.69, 9.17) is 4.74 Å². The van der Waals surface area contributed by atoms with Gasteiger partial charge in [0, 0.05) is 6.42 Å². The van der Waals surface area contributed by atoms with Crippen LogP contribution in [0.25, 0.3) is 22.3 Å². The number of fused-ring (bicyclic) bond motifs is 1. The highest BCUT2D eigenvalue weighted by molar-refractivity contribution is 5.73. The van der Waals surface area contributed by atoms with Gasteiger partial charge in [0.05, 0.1) is 12.1 Å². The highest BCUT2D eigenvalue weighted by atomic mass is 16.5. The van der Waals surface area contributed by atoms with Crippen LogP contribution in [-0.2, 0) is 16.7 Å². The summed E-state index contributed by atoms with van der Waals surface area (Å²) in [6.45, 7) is 9.98. The number of rotatable bonds is 7. The molecule has 1 amide bonds. The highest BCUT2D eigenvalue weighted by Gasteiger charge is 2.24. The SMILES string of the molecule is C=C(C)c1cccc(C(C)(C)NC(=O)OCCc2ccc(O)c(-n3nc4ccccc4n3)c2)c1. The fourth-order valence-electron chi connectivity index (χ4n) is 3.65. The molecule has 0 aliphatic heterocycles. The van der Waals surface area contributed by atoms with E-state index >= 15 is 0 Å². The number of aromatic hydroxyl groups is 1. The summed E-state index contributed by atoms with van der Waals surface area (Å²) in [5.41, 5.74) is 5.18. The number of amides is 1. The van der Waals surface area contributed by atoms with Crippen LogP contribution in [0.2, 0.25) is 0 Å². The molecule has 7 nitrogen and oxygen atoms in total. The molecule has 0 atom stereocenters. The van der Waals surface area contributed by atoms with Gasteiger partial charge in [-0.2, -0.15) is 0 Å². The molecule has 0 aliphatic rings. The Labute approximate surface area is 198 Å². The topological polar surface area (TPSA) is 89.3 Å². The zero-order chi connectivity index (χ0) is 24.3. The van der Waals surface area contributed by atoms with E-state index < -0.39 is 11.6 Å². The molecule has 0 saturated carbocycles. The lowest BCUT2D eigenvalue weighted by molar-refractivity contribution is 0.137. The molecule has 0 saturated heterocycles. The van der Waals surface area contributed by atoms with Gasteiger partial charge < -0.3 is 15.2 Å². The van der Waals surface area contributed by atoms with Crippen LogP contribution in [0.5, 0.6) is 5.75 Å². The number of nitrogens with one attached hydrogen (secondary N) is 1. The van der Waals surface area contributed by atoms with E-state index in [0.29, 0.717) is 12.1 Å². The molecule has 1 aromatic heterocycles. The van der Waals surface area contributed by atoms with Gasteiger partial charge in [0.15, 0.2) is 0 Å². The third-order valence-corrected chi connectivity index (χ3v) is 5.66. The van der Waals surface area contributed by atoms with Crippen LogP contribution >= 0.6 is 0 Å². The van der Waals surface area contributed by atoms with Gasteiger partial charge in [-0.15, -0.1) is 15.0 Å². The van der Waals surface area contributed by atoms with Gasteiger partial charge in [-0.3, -0.25) is 0 Å². The maximum absolute atomic E-state index is 12.5. The van der Waals surface area contributed by atoms with E-state index in [0.717, 1.165) is 33.3 Å². The second kappa shape index (κ2) is 9.39. The van der Waals surface area contributed by atoms with E-state index in [1.807, 2.05) is 69.3 Å². The van der Waals surface area contributed by atoms with Crippen LogP contribution in [0, 0.1) is 0 Å². The fraction of sp³-hybridized carbons (Fsp3) is 0.222. The summed E-state index contributed by atoms with van der Waals surface area (Å²) in [4.78, 5) is 13.9. The molecule has 2 N–H and O–H groups in total. The summed E-state index contributed by atoms with van der Waals surface area (Å²) in [5.74, 6) is 0.0708. The van der Waals surface area contributed by atoms with Crippen molar-refractivity contribution in [3.05, 3.63) is 90.0 Å². The molecular formula is C27H28N4O3. The number of aromatic nitrogens is 3. The first kappa shape index (κ1) is 23.0. The molecule has 7 heteroatoms. The van der Waals surface area contributed by atoms with Gasteiger partial charge in [-0.1, -0.05) is 48.6 Å². The quantitative estimate of drug-likeness (QED) is 0.391. The number of carbonyl (C=O) groups excluding carboxylic acids is 1. The van der Waals surface area contributed by atoms with Gasteiger partial charge in [0.2, 0.25) is 0 Å². The lowest BCUT2D eigenvalue weighted by Gasteiger charge is -2.27. The van der Waals surface area contributed by atoms with Crippen LogP contribution in [0.3, 0.4) is 0 Å². The number of hydrogen-bond donors (Lipinski definition) is 2. The van der Waals surface area contributed by atoms with Crippen LogP contribution in [0.15, 0.2) is 73.3 Å². The molecule has 0 spiro atoms. The number of benzene rings is 3. The van der Waals surface area contributed by atoms with Gasteiger partial charge in [-0.25, -0.2) is 4.79 Å². The van der Waals surface area contributed by atoms with Crippen LogP contribution in [0.1, 0.15) is 37.5 Å². The Hall–Kier alpha value is -4.13. The molecule has 1 heterocycles. The van der Waals surface area contributed by atoms with Gasteiger partial charge >= 0.3 is 6.09 Å². The molecule has 0 aliphatic carbocycles. The van der Waals surface area contributed by atoms with Gasteiger partial charge in [0.25, 0.3) is 0 Å². The lowest BCUT2D eigenvalue weighted by Crippen LogP contribution is -2.41. The first-order valence-electron chi connectivity index (χ1n) is 11.1. The summed E-state index contributed by atoms with van der Waals surface area (Å²) in [5, 5.41) is 22.1. The predicted molar refractivity (Wildman–Crippen MR) is 133 cm³/mol. The number of allylic oxidation sites excluding steroid dienone is 1. The number of carbonyl (C=O) groups is 1. The average Bonchev–Trinajstić information content (AvgIpc) is 3.24. The molecular weight excluding hydrogens is 428 g/mol. The Balaban J connectivity index is 1.38. The number of phenols is 1. The summed E-state index contributed by atoms with van der Waals surface area (Å²) < 4.78 is 5.44. The highest BCUT2D eigenvalue weighted by Crippen LogP contribution is 2.25. The summed E-state index contributed by atoms with van der Waals surface area (Å²) in [6.07, 6.45) is -0.0164. The molecule has 0 radical (unpaired) electrons. The van der Waals surface area contributed by atoms with E-state index in [-0.39, 0.29) is 12.4 Å². The fourth-order valence-corrected chi connectivity index (χ4v) is 3.65. The molecule has 174 valence electrons. The third-order valence-electron chi connectivity index (χ3n) is 5.66. The van der Waals surface area contributed by atoms with Crippen LogP contribution < -0.4 is 5.32 Å². The Morgan fingerprint density at radius 1 is 1.06 bits per heavy atom. The van der Waals surface area contributed by atoms with Crippen LogP contribution in [-0.4, -0.2) is 32.8 Å². The zero-order valence-electron chi connectivity index (χ0n) is 19.6. The molecule has 34 heavy (non-hydrogen) atoms. The maximum Gasteiger partial charge on any atom is 0.407 e. The van der Waals surface area contributed by atoms with E-state index in [9.17, 15) is 9.90 Å². The number of hydrogen-bond acceptors (Lipinski definition) is 5. The average molecular weight is 457 g/mol.